The number of carbonyl (C=O) groups is 1. The van der Waals surface area contributed by atoms with Crippen molar-refractivity contribution in [1.29, 1.82) is 0 Å². The van der Waals surface area contributed by atoms with Gasteiger partial charge in [-0.15, -0.1) is 0 Å². The van der Waals surface area contributed by atoms with Gasteiger partial charge in [-0.2, -0.15) is 5.10 Å². The summed E-state index contributed by atoms with van der Waals surface area (Å²) in [4.78, 5) is 12.0. The second-order valence-electron chi connectivity index (χ2n) is 7.79. The van der Waals surface area contributed by atoms with Crippen LogP contribution in [0.2, 0.25) is 0 Å². The fourth-order valence-corrected chi connectivity index (χ4v) is 3.32. The van der Waals surface area contributed by atoms with E-state index in [0.717, 1.165) is 21.2 Å². The van der Waals surface area contributed by atoms with Gasteiger partial charge in [0, 0.05) is 5.56 Å². The first kappa shape index (κ1) is 21.2. The Morgan fingerprint density at radius 3 is 2.33 bits per heavy atom. The molecule has 0 aromatic heterocycles. The van der Waals surface area contributed by atoms with Crippen molar-refractivity contribution in [1.82, 2.24) is 5.43 Å². The van der Waals surface area contributed by atoms with Crippen LogP contribution in [0, 0.1) is 20.8 Å². The minimum Gasteiger partial charge on any atom is -0.483 e. The number of rotatable bonds is 5. The smallest absolute Gasteiger partial charge is 0.277 e. The summed E-state index contributed by atoms with van der Waals surface area (Å²) in [6.45, 7) is 12.5. The number of amides is 1. The van der Waals surface area contributed by atoms with Crippen molar-refractivity contribution in [3.8, 4) is 5.75 Å². The van der Waals surface area contributed by atoms with Crippen molar-refractivity contribution in [2.75, 3.05) is 6.61 Å². The Balaban J connectivity index is 1.94. The molecule has 0 aliphatic carbocycles. The lowest BCUT2D eigenvalue weighted by Gasteiger charge is -2.20. The van der Waals surface area contributed by atoms with Gasteiger partial charge >= 0.3 is 0 Å². The van der Waals surface area contributed by atoms with Crippen molar-refractivity contribution < 1.29 is 9.53 Å². The predicted molar refractivity (Wildman–Crippen MR) is 115 cm³/mol. The van der Waals surface area contributed by atoms with Crippen molar-refractivity contribution in [2.24, 2.45) is 5.10 Å². The zero-order chi connectivity index (χ0) is 20.2. The number of carbonyl (C=O) groups excluding carboxylic acids is 1. The standard InChI is InChI=1S/C22H27BrN2O2/c1-14-9-15(2)18(16(3)10-14)12-24-25-21(26)13-27-20-8-7-17(11-19(20)23)22(4,5)6/h7-12H,13H2,1-6H3,(H,25,26)/b24-12+. The Hall–Kier alpha value is -2.14. The minimum absolute atomic E-state index is 0.0549. The first-order valence-corrected chi connectivity index (χ1v) is 9.70. The molecule has 0 fully saturated rings. The molecule has 5 heteroatoms. The van der Waals surface area contributed by atoms with Crippen molar-refractivity contribution >= 4 is 28.1 Å². The maximum absolute atomic E-state index is 12.0. The molecule has 2 aromatic rings. The van der Waals surface area contributed by atoms with Gasteiger partial charge < -0.3 is 4.74 Å². The van der Waals surface area contributed by atoms with E-state index in [9.17, 15) is 4.79 Å². The van der Waals surface area contributed by atoms with Crippen LogP contribution >= 0.6 is 15.9 Å². The number of nitrogens with one attached hydrogen (secondary N) is 1. The Kier molecular flexibility index (Phi) is 6.82. The number of hydrogen-bond acceptors (Lipinski definition) is 3. The van der Waals surface area contributed by atoms with E-state index in [-0.39, 0.29) is 17.9 Å². The number of ether oxygens (including phenoxy) is 1. The average molecular weight is 431 g/mol. The highest BCUT2D eigenvalue weighted by Crippen LogP contribution is 2.31. The van der Waals surface area contributed by atoms with Crippen LogP contribution in [0.5, 0.6) is 5.75 Å². The van der Waals surface area contributed by atoms with E-state index in [0.29, 0.717) is 5.75 Å². The summed E-state index contributed by atoms with van der Waals surface area (Å²) in [5.41, 5.74) is 8.25. The maximum Gasteiger partial charge on any atom is 0.277 e. The summed E-state index contributed by atoms with van der Waals surface area (Å²) in [6.07, 6.45) is 1.68. The minimum atomic E-state index is -0.305. The summed E-state index contributed by atoms with van der Waals surface area (Å²) >= 11 is 3.51. The highest BCUT2D eigenvalue weighted by atomic mass is 79.9. The molecule has 2 rings (SSSR count). The summed E-state index contributed by atoms with van der Waals surface area (Å²) in [5.74, 6) is 0.327. The van der Waals surface area contributed by atoms with Crippen molar-refractivity contribution in [3.05, 3.63) is 62.6 Å². The fourth-order valence-electron chi connectivity index (χ4n) is 2.82. The van der Waals surface area contributed by atoms with E-state index in [4.69, 9.17) is 4.74 Å². The van der Waals surface area contributed by atoms with E-state index in [1.165, 1.54) is 11.1 Å². The van der Waals surface area contributed by atoms with Crippen LogP contribution < -0.4 is 10.2 Å². The number of hydrogen-bond donors (Lipinski definition) is 1. The Morgan fingerprint density at radius 1 is 1.15 bits per heavy atom. The molecular weight excluding hydrogens is 404 g/mol. The van der Waals surface area contributed by atoms with Gasteiger partial charge in [-0.25, -0.2) is 5.43 Å². The average Bonchev–Trinajstić information content (AvgIpc) is 2.55. The molecule has 144 valence electrons. The van der Waals surface area contributed by atoms with Crippen LogP contribution in [0.25, 0.3) is 0 Å². The van der Waals surface area contributed by atoms with Crippen LogP contribution in [0.15, 0.2) is 39.9 Å². The second-order valence-corrected chi connectivity index (χ2v) is 8.64. The van der Waals surface area contributed by atoms with E-state index in [1.54, 1.807) is 6.21 Å². The van der Waals surface area contributed by atoms with Crippen molar-refractivity contribution in [2.45, 2.75) is 47.0 Å². The normalized spacial score (nSPS) is 11.7. The SMILES string of the molecule is Cc1cc(C)c(/C=N/NC(=O)COc2ccc(C(C)(C)C)cc2Br)c(C)c1. The lowest BCUT2D eigenvalue weighted by Crippen LogP contribution is -2.24. The quantitative estimate of drug-likeness (QED) is 0.523. The van der Waals surface area contributed by atoms with Gasteiger partial charge in [0.15, 0.2) is 6.61 Å². The molecule has 1 N–H and O–H groups in total. The van der Waals surface area contributed by atoms with Gasteiger partial charge in [-0.05, 0) is 70.9 Å². The topological polar surface area (TPSA) is 50.7 Å². The zero-order valence-corrected chi connectivity index (χ0v) is 18.4. The van der Waals surface area contributed by atoms with Gasteiger partial charge in [0.25, 0.3) is 5.91 Å². The molecule has 0 saturated carbocycles. The summed E-state index contributed by atoms with van der Waals surface area (Å²) < 4.78 is 6.43. The molecular formula is C22H27BrN2O2. The van der Waals surface area contributed by atoms with E-state index < -0.39 is 0 Å². The van der Waals surface area contributed by atoms with Crippen LogP contribution in [0.4, 0.5) is 0 Å². The van der Waals surface area contributed by atoms with Crippen LogP contribution in [0.3, 0.4) is 0 Å². The summed E-state index contributed by atoms with van der Waals surface area (Å²) in [5, 5.41) is 4.06. The molecule has 0 unspecified atom stereocenters. The van der Waals surface area contributed by atoms with Crippen LogP contribution in [-0.2, 0) is 10.2 Å². The molecule has 0 radical (unpaired) electrons. The molecule has 0 heterocycles. The molecule has 2 aromatic carbocycles. The van der Waals surface area contributed by atoms with Crippen molar-refractivity contribution in [3.63, 3.8) is 0 Å². The largest absolute Gasteiger partial charge is 0.483 e. The third-order valence-electron chi connectivity index (χ3n) is 4.28. The van der Waals surface area contributed by atoms with E-state index in [1.807, 2.05) is 32.0 Å². The Labute approximate surface area is 170 Å². The monoisotopic (exact) mass is 430 g/mol. The molecule has 0 spiro atoms. The highest BCUT2D eigenvalue weighted by molar-refractivity contribution is 9.10. The molecule has 1 amide bonds. The van der Waals surface area contributed by atoms with Gasteiger partial charge in [0.2, 0.25) is 0 Å². The molecule has 0 bridgehead atoms. The first-order chi connectivity index (χ1) is 12.6. The fraction of sp³-hybridized carbons (Fsp3) is 0.364. The molecule has 4 nitrogen and oxygen atoms in total. The molecule has 0 aliphatic heterocycles. The highest BCUT2D eigenvalue weighted by Gasteiger charge is 2.15. The summed E-state index contributed by atoms with van der Waals surface area (Å²) in [7, 11) is 0. The number of halogens is 1. The second kappa shape index (κ2) is 8.70. The molecule has 0 saturated heterocycles. The van der Waals surface area contributed by atoms with E-state index >= 15 is 0 Å². The predicted octanol–water partition coefficient (Wildman–Crippen LogP) is 5.20. The number of hydrazone groups is 1. The molecule has 27 heavy (non-hydrogen) atoms. The Bertz CT molecular complexity index is 844. The molecule has 0 aliphatic rings. The first-order valence-electron chi connectivity index (χ1n) is 8.90. The van der Waals surface area contributed by atoms with E-state index in [2.05, 4.69) is 66.3 Å². The number of benzene rings is 2. The zero-order valence-electron chi connectivity index (χ0n) is 16.8. The van der Waals surface area contributed by atoms with Gasteiger partial charge in [0.1, 0.15) is 5.75 Å². The van der Waals surface area contributed by atoms with Gasteiger partial charge in [-0.1, -0.05) is 44.5 Å². The van der Waals surface area contributed by atoms with Gasteiger partial charge in [0.05, 0.1) is 10.7 Å². The maximum atomic E-state index is 12.0. The Morgan fingerprint density at radius 2 is 1.78 bits per heavy atom. The lowest BCUT2D eigenvalue weighted by molar-refractivity contribution is -0.123. The number of aryl methyl sites for hydroxylation is 3. The lowest BCUT2D eigenvalue weighted by atomic mass is 9.87. The van der Waals surface area contributed by atoms with Crippen LogP contribution in [-0.4, -0.2) is 18.7 Å². The third-order valence-corrected chi connectivity index (χ3v) is 4.90. The van der Waals surface area contributed by atoms with Crippen LogP contribution in [0.1, 0.15) is 48.6 Å². The van der Waals surface area contributed by atoms with Gasteiger partial charge in [-0.3, -0.25) is 4.79 Å². The summed E-state index contributed by atoms with van der Waals surface area (Å²) in [6, 6.07) is 10.1. The third kappa shape index (κ3) is 5.93. The molecule has 0 atom stereocenters. The number of nitrogens with zero attached hydrogens (tertiary/aromatic N) is 1.